The molecular formula is C34H36N4O8. The Morgan fingerprint density at radius 3 is 1.41 bits per heavy atom. The van der Waals surface area contributed by atoms with Crippen molar-refractivity contribution in [2.75, 3.05) is 27.4 Å². The van der Waals surface area contributed by atoms with Gasteiger partial charge in [-0.25, -0.2) is 19.2 Å². The first-order valence-corrected chi connectivity index (χ1v) is 14.9. The van der Waals surface area contributed by atoms with Gasteiger partial charge in [0.15, 0.2) is 0 Å². The second kappa shape index (κ2) is 14.1. The molecule has 2 aromatic heterocycles. The fourth-order valence-corrected chi connectivity index (χ4v) is 5.65. The number of hydrogen-bond donors (Lipinski definition) is 4. The van der Waals surface area contributed by atoms with E-state index in [9.17, 15) is 19.2 Å². The summed E-state index contributed by atoms with van der Waals surface area (Å²) in [5.41, 5.74) is 5.76. The maximum absolute atomic E-state index is 12.3. The predicted molar refractivity (Wildman–Crippen MR) is 171 cm³/mol. The number of carbonyl (C=O) groups is 4. The minimum Gasteiger partial charge on any atom is -0.467 e. The minimum absolute atomic E-state index is 0.284. The van der Waals surface area contributed by atoms with E-state index in [-0.39, 0.29) is 25.2 Å². The topological polar surface area (TPSA) is 161 Å². The molecule has 12 nitrogen and oxygen atoms in total. The molecule has 2 aliphatic rings. The van der Waals surface area contributed by atoms with Crippen LogP contribution >= 0.6 is 0 Å². The van der Waals surface area contributed by atoms with Gasteiger partial charge in [-0.15, -0.1) is 0 Å². The third-order valence-electron chi connectivity index (χ3n) is 7.80. The molecule has 0 aliphatic carbocycles. The van der Waals surface area contributed by atoms with Gasteiger partial charge in [0.1, 0.15) is 12.1 Å². The van der Waals surface area contributed by atoms with Gasteiger partial charge in [0.2, 0.25) is 0 Å². The lowest BCUT2D eigenvalue weighted by atomic mass is 10.0. The number of ether oxygens (including phenoxy) is 4. The van der Waals surface area contributed by atoms with Gasteiger partial charge in [-0.1, -0.05) is 36.4 Å². The van der Waals surface area contributed by atoms with Gasteiger partial charge in [0, 0.05) is 47.0 Å². The van der Waals surface area contributed by atoms with E-state index >= 15 is 0 Å². The molecule has 4 N–H and O–H groups in total. The number of fused-ring (bicyclic) bond motifs is 6. The van der Waals surface area contributed by atoms with Crippen molar-refractivity contribution in [3.63, 3.8) is 0 Å². The molecule has 0 fully saturated rings. The van der Waals surface area contributed by atoms with E-state index < -0.39 is 24.0 Å². The SMILES string of the molecule is CCOC(=O)C1=CN[C@H](C(=O)OC)Cc2c1[nH]c1ccccc21.CCOC(=O)C1=CN[C@H](C(=O)OC)Cc2c1[nH]c1ccccc21. The van der Waals surface area contributed by atoms with Crippen LogP contribution < -0.4 is 10.6 Å². The van der Waals surface area contributed by atoms with Crippen LogP contribution in [0.25, 0.3) is 33.0 Å². The van der Waals surface area contributed by atoms with Crippen LogP contribution in [0.4, 0.5) is 0 Å². The van der Waals surface area contributed by atoms with Crippen molar-refractivity contribution >= 4 is 56.8 Å². The summed E-state index contributed by atoms with van der Waals surface area (Å²) >= 11 is 0. The Morgan fingerprint density at radius 2 is 1.04 bits per heavy atom. The third kappa shape index (κ3) is 6.32. The molecule has 0 saturated heterocycles. The number of esters is 4. The second-order valence-electron chi connectivity index (χ2n) is 10.5. The van der Waals surface area contributed by atoms with Gasteiger partial charge in [-0.3, -0.25) is 0 Å². The highest BCUT2D eigenvalue weighted by molar-refractivity contribution is 6.18. The molecule has 240 valence electrons. The Balaban J connectivity index is 0.000000181. The zero-order chi connectivity index (χ0) is 32.8. The molecule has 46 heavy (non-hydrogen) atoms. The Labute approximate surface area is 265 Å². The third-order valence-corrected chi connectivity index (χ3v) is 7.80. The van der Waals surface area contributed by atoms with Gasteiger partial charge in [0.25, 0.3) is 0 Å². The lowest BCUT2D eigenvalue weighted by molar-refractivity contribution is -0.143. The molecule has 4 heterocycles. The van der Waals surface area contributed by atoms with Crippen LogP contribution in [0.5, 0.6) is 0 Å². The van der Waals surface area contributed by atoms with E-state index in [1.54, 1.807) is 13.8 Å². The number of aromatic amines is 2. The molecule has 4 aromatic rings. The monoisotopic (exact) mass is 628 g/mol. The smallest absolute Gasteiger partial charge is 0.341 e. The summed E-state index contributed by atoms with van der Waals surface area (Å²) in [7, 11) is 2.70. The van der Waals surface area contributed by atoms with Gasteiger partial charge in [0.05, 0.1) is 50.0 Å². The van der Waals surface area contributed by atoms with E-state index in [0.717, 1.165) is 32.9 Å². The second-order valence-corrected chi connectivity index (χ2v) is 10.5. The van der Waals surface area contributed by atoms with Crippen LogP contribution in [0.2, 0.25) is 0 Å². The first-order valence-electron chi connectivity index (χ1n) is 14.9. The molecule has 0 amide bonds. The number of nitrogens with one attached hydrogen (secondary N) is 4. The number of rotatable bonds is 6. The van der Waals surface area contributed by atoms with E-state index in [1.165, 1.54) is 26.6 Å². The summed E-state index contributed by atoms with van der Waals surface area (Å²) in [4.78, 5) is 55.0. The summed E-state index contributed by atoms with van der Waals surface area (Å²) in [6.45, 7) is 4.08. The molecule has 0 bridgehead atoms. The lowest BCUT2D eigenvalue weighted by Crippen LogP contribution is -2.35. The zero-order valence-corrected chi connectivity index (χ0v) is 26.0. The molecular weight excluding hydrogens is 592 g/mol. The summed E-state index contributed by atoms with van der Waals surface area (Å²) < 4.78 is 19.9. The minimum atomic E-state index is -0.551. The number of H-pyrrole nitrogens is 2. The van der Waals surface area contributed by atoms with Gasteiger partial charge >= 0.3 is 23.9 Å². The zero-order valence-electron chi connectivity index (χ0n) is 26.0. The number of benzene rings is 2. The molecule has 0 saturated carbocycles. The summed E-state index contributed by atoms with van der Waals surface area (Å²) in [5.74, 6) is -1.61. The molecule has 0 unspecified atom stereocenters. The number of hydrogen-bond acceptors (Lipinski definition) is 10. The average Bonchev–Trinajstić information content (AvgIpc) is 3.46. The van der Waals surface area contributed by atoms with E-state index in [4.69, 9.17) is 18.9 Å². The number of aromatic nitrogens is 2. The molecule has 0 spiro atoms. The van der Waals surface area contributed by atoms with Crippen LogP contribution in [0.15, 0.2) is 60.9 Å². The van der Waals surface area contributed by atoms with Crippen LogP contribution in [0, 0.1) is 0 Å². The molecule has 12 heteroatoms. The highest BCUT2D eigenvalue weighted by Crippen LogP contribution is 2.32. The van der Waals surface area contributed by atoms with Crippen LogP contribution in [-0.4, -0.2) is 73.4 Å². The molecule has 2 aromatic carbocycles. The molecule has 2 aliphatic heterocycles. The molecule has 6 rings (SSSR count). The van der Waals surface area contributed by atoms with Gasteiger partial charge in [-0.05, 0) is 37.1 Å². The van der Waals surface area contributed by atoms with Crippen molar-refractivity contribution in [1.29, 1.82) is 0 Å². The fraction of sp³-hybridized carbons (Fsp3) is 0.294. The van der Waals surface area contributed by atoms with Gasteiger partial charge < -0.3 is 39.5 Å². The first-order chi connectivity index (χ1) is 22.3. The van der Waals surface area contributed by atoms with Gasteiger partial charge in [-0.2, -0.15) is 0 Å². The van der Waals surface area contributed by atoms with E-state index in [1.807, 2.05) is 48.5 Å². The van der Waals surface area contributed by atoms with Crippen molar-refractivity contribution in [3.8, 4) is 0 Å². The van der Waals surface area contributed by atoms with Crippen molar-refractivity contribution in [3.05, 3.63) is 83.4 Å². The van der Waals surface area contributed by atoms with Crippen LogP contribution in [-0.2, 0) is 51.0 Å². The summed E-state index contributed by atoms with van der Waals surface area (Å²) in [5, 5.41) is 7.89. The standard InChI is InChI=1S/2C17H18N2O4/c2*1-3-23-16(20)12-9-18-14(17(21)22-2)8-11-10-6-4-5-7-13(10)19-15(11)12/h2*4-7,9,14,18-19H,3,8H2,1-2H3/t2*14-/m00/s1. The normalized spacial score (nSPS) is 16.8. The van der Waals surface area contributed by atoms with Crippen molar-refractivity contribution in [2.45, 2.75) is 38.8 Å². The largest absolute Gasteiger partial charge is 0.467 e. The average molecular weight is 629 g/mol. The quantitative estimate of drug-likeness (QED) is 0.184. The Bertz CT molecular complexity index is 1720. The highest BCUT2D eigenvalue weighted by Gasteiger charge is 2.31. The number of para-hydroxylation sites is 2. The highest BCUT2D eigenvalue weighted by atomic mass is 16.5. The van der Waals surface area contributed by atoms with Crippen molar-refractivity contribution in [2.24, 2.45) is 0 Å². The van der Waals surface area contributed by atoms with Crippen LogP contribution in [0.3, 0.4) is 0 Å². The molecule has 0 radical (unpaired) electrons. The van der Waals surface area contributed by atoms with Crippen molar-refractivity contribution < 1.29 is 38.1 Å². The van der Waals surface area contributed by atoms with E-state index in [2.05, 4.69) is 20.6 Å². The summed E-state index contributed by atoms with van der Waals surface area (Å²) in [6, 6.07) is 14.4. The number of methoxy groups -OCH3 is 2. The Morgan fingerprint density at radius 1 is 0.652 bits per heavy atom. The predicted octanol–water partition coefficient (Wildman–Crippen LogP) is 3.52. The lowest BCUT2D eigenvalue weighted by Gasteiger charge is -2.12. The van der Waals surface area contributed by atoms with E-state index in [0.29, 0.717) is 35.4 Å². The maximum Gasteiger partial charge on any atom is 0.341 e. The Hall–Kier alpha value is -5.52. The first kappa shape index (κ1) is 31.9. The molecule has 2 atom stereocenters. The summed E-state index contributed by atoms with van der Waals surface area (Å²) in [6.07, 6.45) is 3.90. The fourth-order valence-electron chi connectivity index (χ4n) is 5.65. The number of carbonyl (C=O) groups excluding carboxylic acids is 4. The van der Waals surface area contributed by atoms with Crippen LogP contribution in [0.1, 0.15) is 36.4 Å². The maximum atomic E-state index is 12.3. The Kier molecular flexibility index (Phi) is 9.75. The van der Waals surface area contributed by atoms with Crippen molar-refractivity contribution in [1.82, 2.24) is 20.6 Å².